The van der Waals surface area contributed by atoms with Crippen LogP contribution < -0.4 is 15.4 Å². The Morgan fingerprint density at radius 1 is 1.53 bits per heavy atom. The normalized spacial score (nSPS) is 14.2. The van der Waals surface area contributed by atoms with Gasteiger partial charge in [0.05, 0.1) is 12.2 Å². The molecular formula is C12H10ClN3O2S. The van der Waals surface area contributed by atoms with Gasteiger partial charge >= 0.3 is 0 Å². The average Bonchev–Trinajstić information content (AvgIpc) is 2.79. The van der Waals surface area contributed by atoms with Gasteiger partial charge < -0.3 is 15.4 Å². The van der Waals surface area contributed by atoms with E-state index in [1.807, 2.05) is 0 Å². The summed E-state index contributed by atoms with van der Waals surface area (Å²) >= 11 is 7.33. The Balaban J connectivity index is 1.96. The monoisotopic (exact) mass is 295 g/mol. The molecule has 2 heterocycles. The molecule has 7 heteroatoms. The van der Waals surface area contributed by atoms with Crippen LogP contribution in [0.3, 0.4) is 0 Å². The van der Waals surface area contributed by atoms with Gasteiger partial charge in [-0.25, -0.2) is 4.98 Å². The van der Waals surface area contributed by atoms with Crippen LogP contribution in [0.2, 0.25) is 5.02 Å². The maximum atomic E-state index is 12.0. The SMILES string of the molecule is Nc1ncc(CN2C(=O)COc3ccc(Cl)cc32)s1. The van der Waals surface area contributed by atoms with Gasteiger partial charge in [0.15, 0.2) is 11.7 Å². The molecular weight excluding hydrogens is 286 g/mol. The molecule has 3 rings (SSSR count). The van der Waals surface area contributed by atoms with E-state index >= 15 is 0 Å². The summed E-state index contributed by atoms with van der Waals surface area (Å²) in [6.07, 6.45) is 1.67. The summed E-state index contributed by atoms with van der Waals surface area (Å²) < 4.78 is 5.38. The van der Waals surface area contributed by atoms with E-state index in [1.54, 1.807) is 29.3 Å². The van der Waals surface area contributed by atoms with Crippen LogP contribution in [0.25, 0.3) is 0 Å². The van der Waals surface area contributed by atoms with Crippen molar-refractivity contribution in [2.24, 2.45) is 0 Å². The van der Waals surface area contributed by atoms with Crippen LogP contribution in [-0.4, -0.2) is 17.5 Å². The zero-order valence-corrected chi connectivity index (χ0v) is 11.4. The van der Waals surface area contributed by atoms with Crippen molar-refractivity contribution in [3.63, 3.8) is 0 Å². The summed E-state index contributed by atoms with van der Waals surface area (Å²) in [5.74, 6) is 0.545. The highest BCUT2D eigenvalue weighted by molar-refractivity contribution is 7.15. The first-order valence-electron chi connectivity index (χ1n) is 5.56. The minimum absolute atomic E-state index is 0.0307. The van der Waals surface area contributed by atoms with Crippen molar-refractivity contribution < 1.29 is 9.53 Å². The largest absolute Gasteiger partial charge is 0.482 e. The van der Waals surface area contributed by atoms with Crippen molar-refractivity contribution in [3.05, 3.63) is 34.3 Å². The summed E-state index contributed by atoms with van der Waals surface area (Å²) in [6, 6.07) is 5.22. The zero-order valence-electron chi connectivity index (χ0n) is 9.80. The summed E-state index contributed by atoms with van der Waals surface area (Å²) in [5.41, 5.74) is 6.27. The number of fused-ring (bicyclic) bond motifs is 1. The summed E-state index contributed by atoms with van der Waals surface area (Å²) in [5, 5.41) is 1.05. The number of halogens is 1. The molecule has 0 spiro atoms. The molecule has 0 atom stereocenters. The number of anilines is 2. The summed E-state index contributed by atoms with van der Waals surface area (Å²) in [4.78, 5) is 18.5. The molecule has 0 bridgehead atoms. The van der Waals surface area contributed by atoms with E-state index in [-0.39, 0.29) is 12.5 Å². The third-order valence-electron chi connectivity index (χ3n) is 2.75. The van der Waals surface area contributed by atoms with Crippen LogP contribution in [-0.2, 0) is 11.3 Å². The fourth-order valence-electron chi connectivity index (χ4n) is 1.90. The van der Waals surface area contributed by atoms with E-state index in [9.17, 15) is 4.79 Å². The lowest BCUT2D eigenvalue weighted by atomic mass is 10.2. The number of carbonyl (C=O) groups is 1. The lowest BCUT2D eigenvalue weighted by Gasteiger charge is -2.29. The highest BCUT2D eigenvalue weighted by Crippen LogP contribution is 2.35. The van der Waals surface area contributed by atoms with Crippen molar-refractivity contribution in [3.8, 4) is 5.75 Å². The third kappa shape index (κ3) is 2.36. The van der Waals surface area contributed by atoms with Crippen molar-refractivity contribution in [1.82, 2.24) is 4.98 Å². The summed E-state index contributed by atoms with van der Waals surface area (Å²) in [6.45, 7) is 0.452. The van der Waals surface area contributed by atoms with Crippen LogP contribution in [0, 0.1) is 0 Å². The number of benzene rings is 1. The quantitative estimate of drug-likeness (QED) is 0.923. The number of aromatic nitrogens is 1. The van der Waals surface area contributed by atoms with Gasteiger partial charge in [0.2, 0.25) is 0 Å². The second kappa shape index (κ2) is 4.71. The average molecular weight is 296 g/mol. The van der Waals surface area contributed by atoms with Gasteiger partial charge in [-0.3, -0.25) is 4.79 Å². The molecule has 1 aliphatic rings. The van der Waals surface area contributed by atoms with Crippen molar-refractivity contribution in [2.75, 3.05) is 17.2 Å². The van der Waals surface area contributed by atoms with Crippen LogP contribution in [0.1, 0.15) is 4.88 Å². The number of rotatable bonds is 2. The van der Waals surface area contributed by atoms with E-state index in [1.165, 1.54) is 11.3 Å². The highest BCUT2D eigenvalue weighted by atomic mass is 35.5. The Labute approximate surface area is 118 Å². The summed E-state index contributed by atoms with van der Waals surface area (Å²) in [7, 11) is 0. The second-order valence-corrected chi connectivity index (χ2v) is 5.63. The number of amides is 1. The molecule has 0 saturated carbocycles. The topological polar surface area (TPSA) is 68.5 Å². The van der Waals surface area contributed by atoms with Crippen LogP contribution >= 0.6 is 22.9 Å². The fraction of sp³-hybridized carbons (Fsp3) is 0.167. The molecule has 0 unspecified atom stereocenters. The second-order valence-electron chi connectivity index (χ2n) is 4.05. The number of thiazole rings is 1. The third-order valence-corrected chi connectivity index (χ3v) is 3.80. The molecule has 5 nitrogen and oxygen atoms in total. The van der Waals surface area contributed by atoms with Gasteiger partial charge in [-0.1, -0.05) is 11.6 Å². The van der Waals surface area contributed by atoms with E-state index in [2.05, 4.69) is 4.98 Å². The maximum absolute atomic E-state index is 12.0. The Kier molecular flexibility index (Phi) is 3.04. The molecule has 2 aromatic rings. The molecule has 19 heavy (non-hydrogen) atoms. The number of carbonyl (C=O) groups excluding carboxylic acids is 1. The van der Waals surface area contributed by atoms with Gasteiger partial charge in [-0.15, -0.1) is 11.3 Å². The molecule has 98 valence electrons. The first-order valence-corrected chi connectivity index (χ1v) is 6.76. The number of nitrogens with two attached hydrogens (primary N) is 1. The molecule has 1 aromatic heterocycles. The Hall–Kier alpha value is -1.79. The standard InChI is InChI=1S/C12H10ClN3O2S/c13-7-1-2-10-9(3-7)16(11(17)6-18-10)5-8-4-15-12(14)19-8/h1-4H,5-6H2,(H2,14,15). The van der Waals surface area contributed by atoms with E-state index in [0.29, 0.717) is 28.1 Å². The number of nitrogens with zero attached hydrogens (tertiary/aromatic N) is 2. The van der Waals surface area contributed by atoms with E-state index in [0.717, 1.165) is 4.88 Å². The number of ether oxygens (including phenoxy) is 1. The number of hydrogen-bond donors (Lipinski definition) is 1. The van der Waals surface area contributed by atoms with E-state index < -0.39 is 0 Å². The zero-order chi connectivity index (χ0) is 13.4. The fourth-order valence-corrected chi connectivity index (χ4v) is 2.74. The highest BCUT2D eigenvalue weighted by Gasteiger charge is 2.26. The lowest BCUT2D eigenvalue weighted by molar-refractivity contribution is -0.121. The molecule has 0 aliphatic carbocycles. The Bertz CT molecular complexity index is 644. The van der Waals surface area contributed by atoms with Gasteiger partial charge in [0.1, 0.15) is 5.75 Å². The lowest BCUT2D eigenvalue weighted by Crippen LogP contribution is -2.38. The van der Waals surface area contributed by atoms with Crippen molar-refractivity contribution in [2.45, 2.75) is 6.54 Å². The van der Waals surface area contributed by atoms with Gasteiger partial charge in [0.25, 0.3) is 5.91 Å². The van der Waals surface area contributed by atoms with Crippen molar-refractivity contribution >= 4 is 39.7 Å². The predicted molar refractivity (Wildman–Crippen MR) is 74.7 cm³/mol. The Morgan fingerprint density at radius 3 is 3.11 bits per heavy atom. The van der Waals surface area contributed by atoms with Gasteiger partial charge in [-0.2, -0.15) is 0 Å². The number of hydrogen-bond acceptors (Lipinski definition) is 5. The first-order chi connectivity index (χ1) is 9.13. The molecule has 2 N–H and O–H groups in total. The van der Waals surface area contributed by atoms with E-state index in [4.69, 9.17) is 22.1 Å². The predicted octanol–water partition coefficient (Wildman–Crippen LogP) is 2.30. The molecule has 0 radical (unpaired) electrons. The molecule has 1 amide bonds. The van der Waals surface area contributed by atoms with Gasteiger partial charge in [0, 0.05) is 16.1 Å². The van der Waals surface area contributed by atoms with Crippen LogP contribution in [0.4, 0.5) is 10.8 Å². The smallest absolute Gasteiger partial charge is 0.265 e. The molecule has 0 saturated heterocycles. The maximum Gasteiger partial charge on any atom is 0.265 e. The minimum Gasteiger partial charge on any atom is -0.482 e. The van der Waals surface area contributed by atoms with Crippen molar-refractivity contribution in [1.29, 1.82) is 0 Å². The number of nitrogen functional groups attached to an aromatic ring is 1. The molecule has 1 aromatic carbocycles. The van der Waals surface area contributed by atoms with Crippen LogP contribution in [0.15, 0.2) is 24.4 Å². The molecule has 0 fully saturated rings. The van der Waals surface area contributed by atoms with Crippen LogP contribution in [0.5, 0.6) is 5.75 Å². The Morgan fingerprint density at radius 2 is 2.37 bits per heavy atom. The first kappa shape index (κ1) is 12.3. The molecule has 1 aliphatic heterocycles. The minimum atomic E-state index is -0.110. The van der Waals surface area contributed by atoms with Gasteiger partial charge in [-0.05, 0) is 18.2 Å².